The van der Waals surface area contributed by atoms with Crippen LogP contribution < -0.4 is 0 Å². The van der Waals surface area contributed by atoms with Gasteiger partial charge in [-0.15, -0.1) is 0 Å². The van der Waals surface area contributed by atoms with Crippen molar-refractivity contribution in [2.24, 2.45) is 0 Å². The second-order valence-corrected chi connectivity index (χ2v) is 13.2. The number of nitrogens with zero attached hydrogens (tertiary/aromatic N) is 4. The van der Waals surface area contributed by atoms with Gasteiger partial charge in [0.1, 0.15) is 5.75 Å². The molecular formula is C39H52N4O4. The van der Waals surface area contributed by atoms with Crippen LogP contribution in [0, 0.1) is 0 Å². The summed E-state index contributed by atoms with van der Waals surface area (Å²) < 4.78 is 5.05. The van der Waals surface area contributed by atoms with E-state index < -0.39 is 0 Å². The molecule has 2 aliphatic rings. The van der Waals surface area contributed by atoms with Gasteiger partial charge in [0.05, 0.1) is 12.6 Å². The second kappa shape index (κ2) is 16.9. The lowest BCUT2D eigenvalue weighted by molar-refractivity contribution is -0.143. The molecule has 8 nitrogen and oxygen atoms in total. The van der Waals surface area contributed by atoms with Crippen molar-refractivity contribution in [3.8, 4) is 5.75 Å². The van der Waals surface area contributed by atoms with Gasteiger partial charge in [-0.2, -0.15) is 0 Å². The Morgan fingerprint density at radius 2 is 1.62 bits per heavy atom. The van der Waals surface area contributed by atoms with Crippen LogP contribution in [0.5, 0.6) is 5.75 Å². The molecule has 2 saturated heterocycles. The molecule has 2 aliphatic heterocycles. The first kappa shape index (κ1) is 34.6. The Hall–Kier alpha value is -3.72. The van der Waals surface area contributed by atoms with Crippen molar-refractivity contribution in [2.75, 3.05) is 52.4 Å². The van der Waals surface area contributed by atoms with E-state index in [0.717, 1.165) is 76.2 Å². The monoisotopic (exact) mass is 640 g/mol. The van der Waals surface area contributed by atoms with E-state index in [4.69, 9.17) is 4.74 Å². The number of rotatable bonds is 12. The molecule has 2 heterocycles. The number of hydrogen-bond acceptors (Lipinski definition) is 7. The van der Waals surface area contributed by atoms with Crippen molar-refractivity contribution in [1.29, 1.82) is 0 Å². The van der Waals surface area contributed by atoms with Crippen LogP contribution >= 0.6 is 0 Å². The standard InChI is InChI=1S/C39H52N4O4/c1-4-47-37(45)19-8-9-20-40-21-12-22-41(24-23-40)39(46)35-17-10-15-33(25-35)38(34-16-11-18-36(44)26-34)43-28-30(2)42(27-31(43)3)29-32-13-6-5-7-14-32/h5-7,10-11,13-18,25-26,30-31,38,44H,4,8-9,12,19-24,27-29H2,1-3H3/t30-,31+,38-/m1/s1. The van der Waals surface area contributed by atoms with Gasteiger partial charge in [0, 0.05) is 63.3 Å². The van der Waals surface area contributed by atoms with Crippen LogP contribution in [0.2, 0.25) is 0 Å². The number of aromatic hydroxyl groups is 1. The van der Waals surface area contributed by atoms with Gasteiger partial charge in [-0.05, 0) is 94.1 Å². The fourth-order valence-electron chi connectivity index (χ4n) is 7.15. The highest BCUT2D eigenvalue weighted by atomic mass is 16.5. The van der Waals surface area contributed by atoms with E-state index in [-0.39, 0.29) is 29.7 Å². The highest BCUT2D eigenvalue weighted by molar-refractivity contribution is 5.94. The minimum atomic E-state index is -0.122. The number of carbonyl (C=O) groups excluding carboxylic acids is 2. The van der Waals surface area contributed by atoms with Crippen LogP contribution in [-0.2, 0) is 16.1 Å². The fraction of sp³-hybridized carbons (Fsp3) is 0.487. The molecule has 0 unspecified atom stereocenters. The summed E-state index contributed by atoms with van der Waals surface area (Å²) in [5, 5.41) is 10.5. The zero-order valence-electron chi connectivity index (χ0n) is 28.4. The number of phenolic OH excluding ortho intramolecular Hbond substituents is 1. The predicted octanol–water partition coefficient (Wildman–Crippen LogP) is 5.96. The zero-order chi connectivity index (χ0) is 33.2. The van der Waals surface area contributed by atoms with Crippen LogP contribution in [0.3, 0.4) is 0 Å². The zero-order valence-corrected chi connectivity index (χ0v) is 28.4. The van der Waals surface area contributed by atoms with Gasteiger partial charge in [0.25, 0.3) is 5.91 Å². The highest BCUT2D eigenvalue weighted by Crippen LogP contribution is 2.35. The average Bonchev–Trinajstić information content (AvgIpc) is 3.32. The highest BCUT2D eigenvalue weighted by Gasteiger charge is 2.35. The third-order valence-electron chi connectivity index (χ3n) is 9.64. The number of phenols is 1. The molecule has 3 atom stereocenters. The number of piperazine rings is 1. The van der Waals surface area contributed by atoms with Crippen LogP contribution in [0.25, 0.3) is 0 Å². The van der Waals surface area contributed by atoms with Crippen molar-refractivity contribution in [1.82, 2.24) is 19.6 Å². The number of amides is 1. The maximum absolute atomic E-state index is 13.9. The molecule has 3 aromatic carbocycles. The predicted molar refractivity (Wildman–Crippen MR) is 186 cm³/mol. The van der Waals surface area contributed by atoms with E-state index >= 15 is 0 Å². The minimum absolute atomic E-state index is 0.0692. The van der Waals surface area contributed by atoms with Crippen LogP contribution in [-0.4, -0.2) is 101 Å². The molecule has 8 heteroatoms. The Morgan fingerprint density at radius 1 is 0.851 bits per heavy atom. The molecule has 0 aliphatic carbocycles. The summed E-state index contributed by atoms with van der Waals surface area (Å²) in [6.07, 6.45) is 3.17. The summed E-state index contributed by atoms with van der Waals surface area (Å²) in [7, 11) is 0. The van der Waals surface area contributed by atoms with E-state index in [1.54, 1.807) is 6.07 Å². The van der Waals surface area contributed by atoms with E-state index in [1.807, 2.05) is 36.1 Å². The first-order valence-electron chi connectivity index (χ1n) is 17.4. The largest absolute Gasteiger partial charge is 0.508 e. The van der Waals surface area contributed by atoms with Crippen molar-refractivity contribution in [2.45, 2.75) is 71.1 Å². The van der Waals surface area contributed by atoms with Crippen molar-refractivity contribution >= 4 is 11.9 Å². The van der Waals surface area contributed by atoms with Crippen molar-refractivity contribution < 1.29 is 19.4 Å². The third kappa shape index (κ3) is 9.43. The topological polar surface area (TPSA) is 76.6 Å². The lowest BCUT2D eigenvalue weighted by atomic mass is 9.92. The third-order valence-corrected chi connectivity index (χ3v) is 9.64. The maximum Gasteiger partial charge on any atom is 0.305 e. The number of carbonyl (C=O) groups is 2. The second-order valence-electron chi connectivity index (χ2n) is 13.2. The molecule has 2 fully saturated rings. The molecule has 0 aromatic heterocycles. The summed E-state index contributed by atoms with van der Waals surface area (Å²) in [5.41, 5.74) is 4.12. The molecule has 47 heavy (non-hydrogen) atoms. The van der Waals surface area contributed by atoms with E-state index in [9.17, 15) is 14.7 Å². The van der Waals surface area contributed by atoms with Crippen molar-refractivity contribution in [3.63, 3.8) is 0 Å². The average molecular weight is 641 g/mol. The molecule has 0 radical (unpaired) electrons. The fourth-order valence-corrected chi connectivity index (χ4v) is 7.15. The Labute approximate surface area is 280 Å². The molecule has 252 valence electrons. The van der Waals surface area contributed by atoms with Gasteiger partial charge in [-0.3, -0.25) is 19.4 Å². The number of ether oxygens (including phenoxy) is 1. The van der Waals surface area contributed by atoms with Crippen molar-refractivity contribution in [3.05, 3.63) is 101 Å². The first-order chi connectivity index (χ1) is 22.8. The molecule has 1 N–H and O–H groups in total. The number of unbranched alkanes of at least 4 members (excludes halogenated alkanes) is 1. The first-order valence-corrected chi connectivity index (χ1v) is 17.4. The summed E-state index contributed by atoms with van der Waals surface area (Å²) in [4.78, 5) is 35.1. The van der Waals surface area contributed by atoms with Crippen LogP contribution in [0.1, 0.15) is 79.5 Å². The molecule has 0 bridgehead atoms. The molecule has 1 amide bonds. The van der Waals surface area contributed by atoms with Gasteiger partial charge < -0.3 is 19.6 Å². The van der Waals surface area contributed by atoms with Crippen LogP contribution in [0.4, 0.5) is 0 Å². The molecule has 3 aromatic rings. The number of esters is 1. The van der Waals surface area contributed by atoms with Gasteiger partial charge in [-0.25, -0.2) is 0 Å². The quantitative estimate of drug-likeness (QED) is 0.194. The summed E-state index contributed by atoms with van der Waals surface area (Å²) in [5.74, 6) is 0.195. The van der Waals surface area contributed by atoms with Gasteiger partial charge >= 0.3 is 5.97 Å². The molecular weight excluding hydrogens is 588 g/mol. The Kier molecular flexibility index (Phi) is 12.4. The lowest BCUT2D eigenvalue weighted by Crippen LogP contribution is -2.56. The van der Waals surface area contributed by atoms with E-state index in [1.165, 1.54) is 5.56 Å². The molecule has 0 spiro atoms. The van der Waals surface area contributed by atoms with E-state index in [2.05, 4.69) is 77.1 Å². The van der Waals surface area contributed by atoms with Crippen LogP contribution in [0.15, 0.2) is 78.9 Å². The summed E-state index contributed by atoms with van der Waals surface area (Å²) in [6, 6.07) is 26.9. The van der Waals surface area contributed by atoms with Gasteiger partial charge in [0.2, 0.25) is 0 Å². The Balaban J connectivity index is 1.28. The van der Waals surface area contributed by atoms with Gasteiger partial charge in [0.15, 0.2) is 0 Å². The normalized spacial score (nSPS) is 20.4. The summed E-state index contributed by atoms with van der Waals surface area (Å²) in [6.45, 7) is 13.7. The molecule has 5 rings (SSSR count). The van der Waals surface area contributed by atoms with Gasteiger partial charge in [-0.1, -0.05) is 54.6 Å². The van der Waals surface area contributed by atoms with E-state index in [0.29, 0.717) is 31.2 Å². The smallest absolute Gasteiger partial charge is 0.305 e. The molecule has 0 saturated carbocycles. The minimum Gasteiger partial charge on any atom is -0.508 e. The number of benzene rings is 3. The maximum atomic E-state index is 13.9. The SMILES string of the molecule is CCOC(=O)CCCCN1CCCN(C(=O)c2cccc([C@H](c3cccc(O)c3)N3C[C@@H](C)N(Cc4ccccc4)C[C@@H]3C)c2)CC1. The lowest BCUT2D eigenvalue weighted by Gasteiger charge is -2.47. The Morgan fingerprint density at radius 3 is 2.38 bits per heavy atom. The Bertz CT molecular complexity index is 1450. The summed E-state index contributed by atoms with van der Waals surface area (Å²) >= 11 is 0. The number of hydrogen-bond donors (Lipinski definition) is 1.